The molecule has 2 N–H and O–H groups in total. The normalized spacial score (nSPS) is 12.9. The first-order chi connectivity index (χ1) is 4.85. The van der Waals surface area contributed by atoms with Crippen LogP contribution in [-0.2, 0) is 0 Å². The van der Waals surface area contributed by atoms with Gasteiger partial charge in [0.15, 0.2) is 0 Å². The van der Waals surface area contributed by atoms with Gasteiger partial charge in [-0.25, -0.2) is 0 Å². The van der Waals surface area contributed by atoms with Gasteiger partial charge in [-0.1, -0.05) is 37.6 Å². The molecule has 1 nitrogen and oxygen atoms in total. The Bertz CT molecular complexity index is 123. The lowest BCUT2D eigenvalue weighted by Gasteiger charge is -1.93. The van der Waals surface area contributed by atoms with Crippen LogP contribution in [0.4, 0.5) is 0 Å². The summed E-state index contributed by atoms with van der Waals surface area (Å²) in [5.74, 6) is 0. The minimum absolute atomic E-state index is 0.640. The number of allylic oxidation sites excluding steroid dienone is 3. The van der Waals surface area contributed by atoms with E-state index in [0.717, 1.165) is 12.8 Å². The molecule has 0 aliphatic rings. The molecule has 0 aromatic rings. The third kappa shape index (κ3) is 4.33. The van der Waals surface area contributed by atoms with Gasteiger partial charge in [-0.2, -0.15) is 0 Å². The van der Waals surface area contributed by atoms with Gasteiger partial charge in [-0.15, -0.1) is 0 Å². The zero-order valence-electron chi connectivity index (χ0n) is 6.93. The maximum Gasteiger partial charge on any atom is 0.0110 e. The van der Waals surface area contributed by atoms with Gasteiger partial charge >= 0.3 is 0 Å². The van der Waals surface area contributed by atoms with E-state index in [-0.39, 0.29) is 0 Å². The molecule has 1 heteroatoms. The molecule has 0 spiro atoms. The van der Waals surface area contributed by atoms with Gasteiger partial charge in [0.25, 0.3) is 0 Å². The van der Waals surface area contributed by atoms with Gasteiger partial charge < -0.3 is 5.73 Å². The second kappa shape index (κ2) is 6.56. The summed E-state index contributed by atoms with van der Waals surface area (Å²) in [7, 11) is 0. The molecule has 0 aromatic carbocycles. The third-order valence-corrected chi connectivity index (χ3v) is 1.34. The largest absolute Gasteiger partial charge is 0.327 e. The van der Waals surface area contributed by atoms with Crippen LogP contribution in [0.3, 0.4) is 0 Å². The van der Waals surface area contributed by atoms with E-state index in [1.165, 1.54) is 5.57 Å². The summed E-state index contributed by atoms with van der Waals surface area (Å²) < 4.78 is 0. The average Bonchev–Trinajstić information content (AvgIpc) is 1.98. The Balaban J connectivity index is 3.82. The lowest BCUT2D eigenvalue weighted by molar-refractivity contribution is 1.09. The highest BCUT2D eigenvalue weighted by Gasteiger charge is 1.83. The van der Waals surface area contributed by atoms with E-state index in [4.69, 9.17) is 5.73 Å². The van der Waals surface area contributed by atoms with E-state index in [2.05, 4.69) is 26.0 Å². The van der Waals surface area contributed by atoms with Crippen molar-refractivity contribution in [2.24, 2.45) is 5.73 Å². The number of hydrogen-bond donors (Lipinski definition) is 1. The molecule has 0 heterocycles. The van der Waals surface area contributed by atoms with E-state index in [1.54, 1.807) is 0 Å². The van der Waals surface area contributed by atoms with Crippen molar-refractivity contribution in [3.63, 3.8) is 0 Å². The first-order valence-electron chi connectivity index (χ1n) is 3.90. The summed E-state index contributed by atoms with van der Waals surface area (Å²) >= 11 is 0. The molecule has 0 saturated heterocycles. The van der Waals surface area contributed by atoms with Crippen molar-refractivity contribution in [2.75, 3.05) is 6.54 Å². The van der Waals surface area contributed by atoms with Crippen molar-refractivity contribution in [1.82, 2.24) is 0 Å². The Morgan fingerprint density at radius 2 is 2.10 bits per heavy atom. The van der Waals surface area contributed by atoms with Crippen LogP contribution < -0.4 is 5.73 Å². The SMILES string of the molecule is CC/C=C(\C=C/CN)CC. The highest BCUT2D eigenvalue weighted by molar-refractivity contribution is 5.17. The van der Waals surface area contributed by atoms with Crippen molar-refractivity contribution in [3.05, 3.63) is 23.8 Å². The zero-order chi connectivity index (χ0) is 7.82. The third-order valence-electron chi connectivity index (χ3n) is 1.34. The molecule has 10 heavy (non-hydrogen) atoms. The van der Waals surface area contributed by atoms with Crippen LogP contribution >= 0.6 is 0 Å². The molecule has 0 aliphatic heterocycles. The minimum Gasteiger partial charge on any atom is -0.327 e. The summed E-state index contributed by atoms with van der Waals surface area (Å²) in [6.45, 7) is 4.94. The highest BCUT2D eigenvalue weighted by atomic mass is 14.5. The number of nitrogens with two attached hydrogens (primary N) is 1. The van der Waals surface area contributed by atoms with Crippen LogP contribution in [0.1, 0.15) is 26.7 Å². The molecule has 0 aromatic heterocycles. The van der Waals surface area contributed by atoms with Crippen molar-refractivity contribution < 1.29 is 0 Å². The molecule has 0 radical (unpaired) electrons. The summed E-state index contributed by atoms with van der Waals surface area (Å²) in [6, 6.07) is 0. The fraction of sp³-hybridized carbons (Fsp3) is 0.556. The van der Waals surface area contributed by atoms with Gasteiger partial charge in [0.2, 0.25) is 0 Å². The molecule has 0 rings (SSSR count). The topological polar surface area (TPSA) is 26.0 Å². The Morgan fingerprint density at radius 1 is 1.40 bits per heavy atom. The maximum atomic E-state index is 5.31. The van der Waals surface area contributed by atoms with Crippen LogP contribution in [0.15, 0.2) is 23.8 Å². The van der Waals surface area contributed by atoms with E-state index >= 15 is 0 Å². The highest BCUT2D eigenvalue weighted by Crippen LogP contribution is 2.02. The molecular formula is C9H17N. The predicted molar refractivity (Wildman–Crippen MR) is 46.9 cm³/mol. The summed E-state index contributed by atoms with van der Waals surface area (Å²) in [4.78, 5) is 0. The molecular weight excluding hydrogens is 122 g/mol. The quantitative estimate of drug-likeness (QED) is 0.594. The first kappa shape index (κ1) is 9.44. The first-order valence-corrected chi connectivity index (χ1v) is 3.90. The summed E-state index contributed by atoms with van der Waals surface area (Å²) in [6.07, 6.45) is 8.53. The van der Waals surface area contributed by atoms with Gasteiger partial charge in [0.05, 0.1) is 0 Å². The Labute approximate surface area is 63.6 Å². The maximum absolute atomic E-state index is 5.31. The fourth-order valence-electron chi connectivity index (χ4n) is 0.812. The zero-order valence-corrected chi connectivity index (χ0v) is 6.93. The van der Waals surface area contributed by atoms with Crippen LogP contribution in [0.25, 0.3) is 0 Å². The Morgan fingerprint density at radius 3 is 2.50 bits per heavy atom. The Hall–Kier alpha value is -0.560. The molecule has 0 aliphatic carbocycles. The summed E-state index contributed by atoms with van der Waals surface area (Å²) in [5, 5.41) is 0. The molecule has 58 valence electrons. The smallest absolute Gasteiger partial charge is 0.0110 e. The van der Waals surface area contributed by atoms with E-state index < -0.39 is 0 Å². The van der Waals surface area contributed by atoms with Crippen LogP contribution in [-0.4, -0.2) is 6.54 Å². The van der Waals surface area contributed by atoms with E-state index in [1.807, 2.05) is 6.08 Å². The molecule has 0 atom stereocenters. The Kier molecular flexibility index (Phi) is 6.19. The van der Waals surface area contributed by atoms with E-state index in [0.29, 0.717) is 6.54 Å². The van der Waals surface area contributed by atoms with Crippen molar-refractivity contribution >= 4 is 0 Å². The van der Waals surface area contributed by atoms with E-state index in [9.17, 15) is 0 Å². The minimum atomic E-state index is 0.640. The summed E-state index contributed by atoms with van der Waals surface area (Å²) in [5.41, 5.74) is 6.70. The lowest BCUT2D eigenvalue weighted by Crippen LogP contribution is -1.92. The molecule has 0 unspecified atom stereocenters. The van der Waals surface area contributed by atoms with Gasteiger partial charge in [0.1, 0.15) is 0 Å². The second-order valence-corrected chi connectivity index (χ2v) is 2.18. The van der Waals surface area contributed by atoms with Crippen molar-refractivity contribution in [3.8, 4) is 0 Å². The van der Waals surface area contributed by atoms with Crippen LogP contribution in [0.5, 0.6) is 0 Å². The average molecular weight is 139 g/mol. The van der Waals surface area contributed by atoms with Crippen molar-refractivity contribution in [2.45, 2.75) is 26.7 Å². The number of rotatable bonds is 4. The fourth-order valence-corrected chi connectivity index (χ4v) is 0.812. The molecule has 0 amide bonds. The monoisotopic (exact) mass is 139 g/mol. The van der Waals surface area contributed by atoms with Gasteiger partial charge in [-0.05, 0) is 12.8 Å². The van der Waals surface area contributed by atoms with Crippen molar-refractivity contribution in [1.29, 1.82) is 0 Å². The lowest BCUT2D eigenvalue weighted by atomic mass is 10.1. The number of hydrogen-bond acceptors (Lipinski definition) is 1. The van der Waals surface area contributed by atoms with Crippen LogP contribution in [0.2, 0.25) is 0 Å². The standard InChI is InChI=1S/C9H17N/c1-3-6-9(4-2)7-5-8-10/h5-7H,3-4,8,10H2,1-2H3/b7-5-,9-6-. The van der Waals surface area contributed by atoms with Crippen LogP contribution in [0, 0.1) is 0 Å². The molecule has 0 bridgehead atoms. The van der Waals surface area contributed by atoms with Gasteiger partial charge in [-0.3, -0.25) is 0 Å². The van der Waals surface area contributed by atoms with Gasteiger partial charge in [0, 0.05) is 6.54 Å². The second-order valence-electron chi connectivity index (χ2n) is 2.18. The predicted octanol–water partition coefficient (Wildman–Crippen LogP) is 2.25. The molecule has 0 fully saturated rings. The molecule has 0 saturated carbocycles.